The molecule has 208 valence electrons. The first-order valence-corrected chi connectivity index (χ1v) is 14.8. The standard InChI is InChI=1S/C32H37FO5S/c1-5-37-32(34)18-25(15-22-9-10-22)24-7-6-8-27(17-24)38-20-23-11-13-28(31(16-23)39(35)21(2)3)29-19-26(36-4)12-14-30(29)33/h6-8,11-14,16-17,19,21-22,25H,5,9-10,15,18,20H2,1-4H3/t25-,39?/m0/s1. The number of ether oxygens (including phenoxy) is 3. The Morgan fingerprint density at radius 2 is 1.82 bits per heavy atom. The molecule has 0 aromatic heterocycles. The molecule has 39 heavy (non-hydrogen) atoms. The van der Waals surface area contributed by atoms with Crippen LogP contribution in [0.1, 0.15) is 63.5 Å². The first kappa shape index (κ1) is 28.8. The molecule has 0 N–H and O–H groups in total. The van der Waals surface area contributed by atoms with Crippen LogP contribution in [-0.4, -0.2) is 29.1 Å². The molecule has 3 aromatic carbocycles. The van der Waals surface area contributed by atoms with E-state index in [4.69, 9.17) is 14.2 Å². The average molecular weight is 553 g/mol. The Morgan fingerprint density at radius 1 is 1.03 bits per heavy atom. The van der Waals surface area contributed by atoms with Crippen LogP contribution in [0.2, 0.25) is 0 Å². The van der Waals surface area contributed by atoms with Gasteiger partial charge in [-0.2, -0.15) is 0 Å². The number of methoxy groups -OCH3 is 1. The van der Waals surface area contributed by atoms with Gasteiger partial charge in [0.05, 0.1) is 30.9 Å². The fraction of sp³-hybridized carbons (Fsp3) is 0.406. The maximum Gasteiger partial charge on any atom is 0.306 e. The van der Waals surface area contributed by atoms with Gasteiger partial charge in [-0.25, -0.2) is 4.39 Å². The predicted octanol–water partition coefficient (Wildman–Crippen LogP) is 7.43. The van der Waals surface area contributed by atoms with Crippen LogP contribution in [-0.2, 0) is 26.9 Å². The minimum absolute atomic E-state index is 0.0946. The number of halogens is 1. The number of hydrogen-bond acceptors (Lipinski definition) is 5. The zero-order valence-corrected chi connectivity index (χ0v) is 23.9. The molecular weight excluding hydrogens is 515 g/mol. The number of carbonyl (C=O) groups excluding carboxylic acids is 1. The highest BCUT2D eigenvalue weighted by atomic mass is 32.2. The second-order valence-corrected chi connectivity index (χ2v) is 12.2. The maximum absolute atomic E-state index is 14.8. The van der Waals surface area contributed by atoms with Gasteiger partial charge in [-0.3, -0.25) is 9.00 Å². The van der Waals surface area contributed by atoms with E-state index in [0.717, 1.165) is 17.5 Å². The Labute approximate surface area is 233 Å². The minimum atomic E-state index is -1.35. The van der Waals surface area contributed by atoms with Crippen LogP contribution in [0.15, 0.2) is 65.6 Å². The predicted molar refractivity (Wildman–Crippen MR) is 152 cm³/mol. The van der Waals surface area contributed by atoms with Crippen LogP contribution in [0, 0.1) is 11.7 Å². The lowest BCUT2D eigenvalue weighted by molar-refractivity contribution is -0.143. The molecule has 0 spiro atoms. The molecule has 4 rings (SSSR count). The van der Waals surface area contributed by atoms with E-state index in [2.05, 4.69) is 0 Å². The van der Waals surface area contributed by atoms with Crippen molar-refractivity contribution in [2.24, 2.45) is 5.92 Å². The van der Waals surface area contributed by atoms with E-state index in [0.29, 0.717) is 46.5 Å². The smallest absolute Gasteiger partial charge is 0.306 e. The molecule has 5 nitrogen and oxygen atoms in total. The fourth-order valence-corrected chi connectivity index (χ4v) is 5.85. The van der Waals surface area contributed by atoms with Crippen LogP contribution in [0.5, 0.6) is 11.5 Å². The van der Waals surface area contributed by atoms with Crippen LogP contribution in [0.4, 0.5) is 4.39 Å². The van der Waals surface area contributed by atoms with Gasteiger partial charge in [0, 0.05) is 21.3 Å². The molecule has 3 aromatic rings. The van der Waals surface area contributed by atoms with E-state index >= 15 is 0 Å². The third kappa shape index (κ3) is 7.69. The summed E-state index contributed by atoms with van der Waals surface area (Å²) in [5.74, 6) is 1.42. The molecule has 1 unspecified atom stereocenters. The van der Waals surface area contributed by atoms with Crippen molar-refractivity contribution in [3.05, 3.63) is 77.6 Å². The topological polar surface area (TPSA) is 61.8 Å². The molecule has 0 radical (unpaired) electrons. The van der Waals surface area contributed by atoms with Gasteiger partial charge in [-0.1, -0.05) is 51.0 Å². The largest absolute Gasteiger partial charge is 0.497 e. The van der Waals surface area contributed by atoms with Crippen LogP contribution >= 0.6 is 0 Å². The number of carbonyl (C=O) groups is 1. The van der Waals surface area contributed by atoms with Crippen molar-refractivity contribution >= 4 is 16.8 Å². The highest BCUT2D eigenvalue weighted by Crippen LogP contribution is 2.41. The third-order valence-corrected chi connectivity index (χ3v) is 8.55. The summed E-state index contributed by atoms with van der Waals surface area (Å²) in [6, 6.07) is 17.9. The maximum atomic E-state index is 14.8. The Balaban J connectivity index is 1.56. The number of esters is 1. The molecule has 0 amide bonds. The monoisotopic (exact) mass is 552 g/mol. The summed E-state index contributed by atoms with van der Waals surface area (Å²) in [6.45, 7) is 6.22. The molecule has 7 heteroatoms. The van der Waals surface area contributed by atoms with Gasteiger partial charge in [0.1, 0.15) is 23.9 Å². The highest BCUT2D eigenvalue weighted by molar-refractivity contribution is 7.85. The summed E-state index contributed by atoms with van der Waals surface area (Å²) in [7, 11) is 0.186. The second-order valence-electron chi connectivity index (χ2n) is 10.3. The molecule has 0 heterocycles. The molecule has 1 aliphatic carbocycles. The van der Waals surface area contributed by atoms with Gasteiger partial charge in [0.15, 0.2) is 0 Å². The Kier molecular flexibility index (Phi) is 9.78. The zero-order valence-electron chi connectivity index (χ0n) is 23.1. The van der Waals surface area contributed by atoms with Crippen molar-refractivity contribution in [1.82, 2.24) is 0 Å². The molecule has 1 fully saturated rings. The molecule has 1 saturated carbocycles. The van der Waals surface area contributed by atoms with Gasteiger partial charge in [-0.15, -0.1) is 0 Å². The lowest BCUT2D eigenvalue weighted by Crippen LogP contribution is -2.11. The molecule has 2 atom stereocenters. The van der Waals surface area contributed by atoms with Gasteiger partial charge < -0.3 is 14.2 Å². The van der Waals surface area contributed by atoms with E-state index in [9.17, 15) is 13.4 Å². The van der Waals surface area contributed by atoms with Crippen molar-refractivity contribution in [3.8, 4) is 22.6 Å². The van der Waals surface area contributed by atoms with Crippen molar-refractivity contribution in [2.45, 2.75) is 69.1 Å². The van der Waals surface area contributed by atoms with Crippen LogP contribution in [0.25, 0.3) is 11.1 Å². The van der Waals surface area contributed by atoms with E-state index < -0.39 is 16.6 Å². The first-order valence-electron chi connectivity index (χ1n) is 13.5. The molecule has 0 bridgehead atoms. The number of hydrogen-bond donors (Lipinski definition) is 0. The van der Waals surface area contributed by atoms with E-state index in [1.807, 2.05) is 57.2 Å². The van der Waals surface area contributed by atoms with Crippen LogP contribution in [0.3, 0.4) is 0 Å². The quantitative estimate of drug-likeness (QED) is 0.206. The van der Waals surface area contributed by atoms with Crippen molar-refractivity contribution < 1.29 is 27.6 Å². The summed E-state index contributed by atoms with van der Waals surface area (Å²) in [5.41, 5.74) is 2.82. The lowest BCUT2D eigenvalue weighted by atomic mass is 9.90. The SMILES string of the molecule is CCOC(=O)C[C@H](CC1CC1)c1cccc(OCc2ccc(-c3cc(OC)ccc3F)c(S(=O)C(C)C)c2)c1. The summed E-state index contributed by atoms with van der Waals surface area (Å²) in [5, 5.41) is -0.145. The number of rotatable bonds is 13. The van der Waals surface area contributed by atoms with Crippen molar-refractivity contribution in [2.75, 3.05) is 13.7 Å². The van der Waals surface area contributed by atoms with Gasteiger partial charge in [0.2, 0.25) is 0 Å². The van der Waals surface area contributed by atoms with Crippen LogP contribution < -0.4 is 9.47 Å². The Bertz CT molecular complexity index is 1320. The lowest BCUT2D eigenvalue weighted by Gasteiger charge is -2.18. The summed E-state index contributed by atoms with van der Waals surface area (Å²) in [4.78, 5) is 12.8. The molecular formula is C32H37FO5S. The fourth-order valence-electron chi connectivity index (χ4n) is 4.68. The molecule has 1 aliphatic rings. The first-order chi connectivity index (χ1) is 18.8. The van der Waals surface area contributed by atoms with E-state index in [1.54, 1.807) is 18.2 Å². The van der Waals surface area contributed by atoms with Crippen molar-refractivity contribution in [3.63, 3.8) is 0 Å². The van der Waals surface area contributed by atoms with E-state index in [-0.39, 0.29) is 23.7 Å². The van der Waals surface area contributed by atoms with Gasteiger partial charge in [-0.05, 0) is 72.7 Å². The minimum Gasteiger partial charge on any atom is -0.497 e. The van der Waals surface area contributed by atoms with Gasteiger partial charge in [0.25, 0.3) is 0 Å². The van der Waals surface area contributed by atoms with Crippen molar-refractivity contribution in [1.29, 1.82) is 0 Å². The highest BCUT2D eigenvalue weighted by Gasteiger charge is 2.28. The zero-order chi connectivity index (χ0) is 27.9. The van der Waals surface area contributed by atoms with E-state index in [1.165, 1.54) is 26.0 Å². The van der Waals surface area contributed by atoms with Gasteiger partial charge >= 0.3 is 5.97 Å². The molecule has 0 saturated heterocycles. The summed E-state index contributed by atoms with van der Waals surface area (Å²) in [6.07, 6.45) is 3.76. The average Bonchev–Trinajstić information content (AvgIpc) is 3.76. The molecule has 0 aliphatic heterocycles. The second kappa shape index (κ2) is 13.2. The Hall–Kier alpha value is -3.19. The Morgan fingerprint density at radius 3 is 2.51 bits per heavy atom. The number of benzene rings is 3. The summed E-state index contributed by atoms with van der Waals surface area (Å²) >= 11 is 0. The summed E-state index contributed by atoms with van der Waals surface area (Å²) < 4.78 is 44.7. The normalized spacial score (nSPS) is 14.6. The third-order valence-electron chi connectivity index (χ3n) is 6.92.